The molecular weight excluding hydrogens is 236 g/mol. The summed E-state index contributed by atoms with van der Waals surface area (Å²) in [5.74, 6) is 0.881. The molecular formula is C15H31N4. The van der Waals surface area contributed by atoms with Gasteiger partial charge in [0.15, 0.2) is 5.96 Å². The molecule has 0 heterocycles. The van der Waals surface area contributed by atoms with E-state index in [1.54, 1.807) is 0 Å². The van der Waals surface area contributed by atoms with Gasteiger partial charge in [-0.05, 0) is 46.5 Å². The van der Waals surface area contributed by atoms with E-state index in [4.69, 9.17) is 0 Å². The lowest BCUT2D eigenvalue weighted by atomic mass is 9.99. The van der Waals surface area contributed by atoms with Gasteiger partial charge in [0.2, 0.25) is 0 Å². The lowest BCUT2D eigenvalue weighted by molar-refractivity contribution is 0.666. The molecule has 0 aliphatic heterocycles. The zero-order valence-corrected chi connectivity index (χ0v) is 13.5. The van der Waals surface area contributed by atoms with Gasteiger partial charge >= 0.3 is 0 Å². The first kappa shape index (κ1) is 17.9. The maximum absolute atomic E-state index is 4.52. The van der Waals surface area contributed by atoms with Crippen LogP contribution in [0.15, 0.2) is 9.98 Å². The molecule has 0 unspecified atom stereocenters. The second-order valence-electron chi connectivity index (χ2n) is 6.17. The number of hydrogen-bond donors (Lipinski definition) is 2. The van der Waals surface area contributed by atoms with Gasteiger partial charge < -0.3 is 10.6 Å². The second-order valence-corrected chi connectivity index (χ2v) is 6.17. The van der Waals surface area contributed by atoms with Crippen LogP contribution in [0.3, 0.4) is 0 Å². The number of guanidine groups is 1. The first-order valence-electron chi connectivity index (χ1n) is 7.15. The number of hydrogen-bond acceptors (Lipinski definition) is 2. The van der Waals surface area contributed by atoms with Crippen molar-refractivity contribution in [2.45, 2.75) is 60.0 Å². The molecule has 0 fully saturated rings. The lowest BCUT2D eigenvalue weighted by Crippen LogP contribution is -2.42. The Morgan fingerprint density at radius 1 is 1.26 bits per heavy atom. The van der Waals surface area contributed by atoms with Crippen LogP contribution in [0.25, 0.3) is 0 Å². The third-order valence-electron chi connectivity index (χ3n) is 2.01. The predicted molar refractivity (Wildman–Crippen MR) is 86.0 cm³/mol. The minimum Gasteiger partial charge on any atom is -0.356 e. The van der Waals surface area contributed by atoms with Crippen LogP contribution in [0.1, 0.15) is 48.0 Å². The van der Waals surface area contributed by atoms with Crippen molar-refractivity contribution in [3.05, 3.63) is 6.92 Å². The maximum Gasteiger partial charge on any atom is 0.191 e. The van der Waals surface area contributed by atoms with Gasteiger partial charge in [-0.1, -0.05) is 13.8 Å². The molecule has 0 rings (SSSR count). The molecule has 0 saturated heterocycles. The van der Waals surface area contributed by atoms with Crippen LogP contribution in [0.5, 0.6) is 0 Å². The Kier molecular flexibility index (Phi) is 8.44. The Morgan fingerprint density at radius 2 is 1.89 bits per heavy atom. The van der Waals surface area contributed by atoms with Gasteiger partial charge in [0, 0.05) is 31.4 Å². The van der Waals surface area contributed by atoms with Gasteiger partial charge in [0.25, 0.3) is 0 Å². The molecule has 0 bridgehead atoms. The Labute approximate surface area is 119 Å². The summed E-state index contributed by atoms with van der Waals surface area (Å²) < 4.78 is 0. The van der Waals surface area contributed by atoms with Crippen molar-refractivity contribution in [1.29, 1.82) is 0 Å². The van der Waals surface area contributed by atoms with Gasteiger partial charge in [-0.3, -0.25) is 9.98 Å². The Bertz CT molecular complexity index is 285. The molecule has 0 amide bonds. The van der Waals surface area contributed by atoms with Crippen molar-refractivity contribution in [2.24, 2.45) is 15.4 Å². The van der Waals surface area contributed by atoms with E-state index in [1.165, 1.54) is 0 Å². The Morgan fingerprint density at radius 3 is 2.37 bits per heavy atom. The summed E-state index contributed by atoms with van der Waals surface area (Å²) in [7, 11) is 0. The van der Waals surface area contributed by atoms with Gasteiger partial charge in [-0.2, -0.15) is 0 Å². The van der Waals surface area contributed by atoms with Gasteiger partial charge in [-0.15, -0.1) is 0 Å². The molecule has 0 atom stereocenters. The average molecular weight is 267 g/mol. The van der Waals surface area contributed by atoms with Crippen LogP contribution in [0.4, 0.5) is 0 Å². The van der Waals surface area contributed by atoms with E-state index in [-0.39, 0.29) is 5.41 Å². The van der Waals surface area contributed by atoms with Gasteiger partial charge in [0.05, 0.1) is 0 Å². The van der Waals surface area contributed by atoms with Crippen molar-refractivity contribution < 1.29 is 0 Å². The zero-order valence-electron chi connectivity index (χ0n) is 13.5. The highest BCUT2D eigenvalue weighted by Crippen LogP contribution is 2.07. The fourth-order valence-corrected chi connectivity index (χ4v) is 1.35. The Hall–Kier alpha value is -1.06. The summed E-state index contributed by atoms with van der Waals surface area (Å²) in [6, 6.07) is 0.675. The summed E-state index contributed by atoms with van der Waals surface area (Å²) in [6.45, 7) is 18.2. The molecule has 0 aliphatic carbocycles. The first-order chi connectivity index (χ1) is 8.70. The minimum atomic E-state index is -0.0725. The van der Waals surface area contributed by atoms with E-state index in [9.17, 15) is 0 Å². The van der Waals surface area contributed by atoms with Crippen molar-refractivity contribution >= 4 is 12.2 Å². The van der Waals surface area contributed by atoms with Gasteiger partial charge in [-0.25, -0.2) is 0 Å². The molecule has 2 N–H and O–H groups in total. The van der Waals surface area contributed by atoms with Crippen molar-refractivity contribution in [2.75, 3.05) is 13.1 Å². The number of rotatable bonds is 7. The summed E-state index contributed by atoms with van der Waals surface area (Å²) in [5.41, 5.74) is -0.0725. The normalized spacial score (nSPS) is 13.6. The average Bonchev–Trinajstić information content (AvgIpc) is 2.19. The monoisotopic (exact) mass is 267 g/mol. The number of nitrogens with zero attached hydrogens (tertiary/aromatic N) is 2. The van der Waals surface area contributed by atoms with Crippen LogP contribution in [0, 0.1) is 12.3 Å². The first-order valence-corrected chi connectivity index (χ1v) is 7.15. The topological polar surface area (TPSA) is 48.8 Å². The molecule has 4 nitrogen and oxygen atoms in total. The molecule has 0 aliphatic rings. The Balaban J connectivity index is 3.97. The molecule has 0 aromatic heterocycles. The highest BCUT2D eigenvalue weighted by molar-refractivity contribution is 5.80. The maximum atomic E-state index is 4.52. The SMILES string of the molecule is [CH2]C(C)(C)C=NCCCNC(=NC(C)C)NC(C)C. The molecule has 19 heavy (non-hydrogen) atoms. The summed E-state index contributed by atoms with van der Waals surface area (Å²) in [5, 5.41) is 6.65. The quantitative estimate of drug-likeness (QED) is 0.423. The largest absolute Gasteiger partial charge is 0.356 e. The van der Waals surface area contributed by atoms with Crippen LogP contribution >= 0.6 is 0 Å². The summed E-state index contributed by atoms with van der Waals surface area (Å²) in [6.07, 6.45) is 2.91. The zero-order chi connectivity index (χ0) is 14.9. The summed E-state index contributed by atoms with van der Waals surface area (Å²) in [4.78, 5) is 8.89. The van der Waals surface area contributed by atoms with Crippen LogP contribution in [-0.4, -0.2) is 37.3 Å². The fraction of sp³-hybridized carbons (Fsp3) is 0.800. The smallest absolute Gasteiger partial charge is 0.191 e. The van der Waals surface area contributed by atoms with E-state index in [2.05, 4.69) is 69.1 Å². The molecule has 0 aromatic rings. The highest BCUT2D eigenvalue weighted by atomic mass is 15.2. The highest BCUT2D eigenvalue weighted by Gasteiger charge is 2.04. The van der Waals surface area contributed by atoms with Crippen molar-refractivity contribution in [3.63, 3.8) is 0 Å². The van der Waals surface area contributed by atoms with Crippen molar-refractivity contribution in [1.82, 2.24) is 10.6 Å². The minimum absolute atomic E-state index is 0.0725. The molecule has 0 saturated carbocycles. The van der Waals surface area contributed by atoms with E-state index >= 15 is 0 Å². The molecule has 111 valence electrons. The van der Waals surface area contributed by atoms with Crippen LogP contribution < -0.4 is 10.6 Å². The fourth-order valence-electron chi connectivity index (χ4n) is 1.35. The van der Waals surface area contributed by atoms with E-state index in [0.717, 1.165) is 25.5 Å². The summed E-state index contributed by atoms with van der Waals surface area (Å²) >= 11 is 0. The van der Waals surface area contributed by atoms with Crippen LogP contribution in [-0.2, 0) is 0 Å². The molecule has 1 radical (unpaired) electrons. The molecule has 0 spiro atoms. The third kappa shape index (κ3) is 13.2. The van der Waals surface area contributed by atoms with Crippen molar-refractivity contribution in [3.8, 4) is 0 Å². The van der Waals surface area contributed by atoms with E-state index in [1.807, 2.05) is 6.21 Å². The van der Waals surface area contributed by atoms with E-state index < -0.39 is 0 Å². The lowest BCUT2D eigenvalue weighted by Gasteiger charge is -2.16. The number of aliphatic imine (C=N–C) groups is 2. The molecule has 0 aromatic carbocycles. The molecule has 4 heteroatoms. The third-order valence-corrected chi connectivity index (χ3v) is 2.01. The number of nitrogens with one attached hydrogen (secondary N) is 2. The second kappa shape index (κ2) is 8.94. The van der Waals surface area contributed by atoms with Gasteiger partial charge in [0.1, 0.15) is 0 Å². The van der Waals surface area contributed by atoms with E-state index in [0.29, 0.717) is 12.1 Å². The van der Waals surface area contributed by atoms with Crippen LogP contribution in [0.2, 0.25) is 0 Å². The predicted octanol–water partition coefficient (Wildman–Crippen LogP) is 2.66. The standard InChI is InChI=1S/C15H31N4/c1-12(2)18-14(19-13(3)4)17-10-8-9-16-11-15(5,6)7/h11-13H,5,8-10H2,1-4,6-7H3,(H2,17,18,19).